The zero-order valence-corrected chi connectivity index (χ0v) is 26.1. The van der Waals surface area contributed by atoms with Crippen molar-refractivity contribution in [3.63, 3.8) is 0 Å². The van der Waals surface area contributed by atoms with Gasteiger partial charge in [-0.25, -0.2) is 14.4 Å². The van der Waals surface area contributed by atoms with E-state index in [-0.39, 0.29) is 48.2 Å². The molecule has 4 rings (SSSR count). The van der Waals surface area contributed by atoms with Crippen LogP contribution in [0.2, 0.25) is 0 Å². The van der Waals surface area contributed by atoms with Gasteiger partial charge in [0.1, 0.15) is 5.78 Å². The molecule has 3 heterocycles. The van der Waals surface area contributed by atoms with Crippen LogP contribution in [0.3, 0.4) is 0 Å². The minimum Gasteiger partial charge on any atom is -0.379 e. The monoisotopic (exact) mass is 650 g/mol. The SMILES string of the molecule is O=C(CCCCC1SCC2NC(=O)NC21)CCCOCCOCCOCCOCCC(=O)Nc1ccc2[nH]c(=O)oc(=O)c2c1. The lowest BCUT2D eigenvalue weighted by molar-refractivity contribution is -0.119. The summed E-state index contributed by atoms with van der Waals surface area (Å²) in [6.07, 6.45) is 4.85. The molecule has 3 unspecified atom stereocenters. The lowest BCUT2D eigenvalue weighted by atomic mass is 10.0. The van der Waals surface area contributed by atoms with Gasteiger partial charge in [0.05, 0.1) is 75.7 Å². The number of benzene rings is 1. The van der Waals surface area contributed by atoms with Gasteiger partial charge in [0.15, 0.2) is 0 Å². The fourth-order valence-electron chi connectivity index (χ4n) is 5.13. The number of aromatic nitrogens is 1. The Balaban J connectivity index is 0.880. The van der Waals surface area contributed by atoms with Gasteiger partial charge < -0.3 is 39.3 Å². The minimum absolute atomic E-state index is 0.0629. The number of anilines is 1. The summed E-state index contributed by atoms with van der Waals surface area (Å²) in [6.45, 7) is 3.16. The van der Waals surface area contributed by atoms with E-state index in [1.807, 2.05) is 11.8 Å². The van der Waals surface area contributed by atoms with Crippen molar-refractivity contribution >= 4 is 46.1 Å². The molecule has 2 saturated heterocycles. The summed E-state index contributed by atoms with van der Waals surface area (Å²) in [5.41, 5.74) is -0.0400. The first-order chi connectivity index (χ1) is 21.9. The number of aromatic amines is 1. The summed E-state index contributed by atoms with van der Waals surface area (Å²) >= 11 is 1.90. The van der Waals surface area contributed by atoms with Gasteiger partial charge in [-0.1, -0.05) is 6.42 Å². The van der Waals surface area contributed by atoms with Crippen LogP contribution in [-0.4, -0.2) is 98.6 Å². The van der Waals surface area contributed by atoms with Gasteiger partial charge in [0, 0.05) is 36.1 Å². The number of carbonyl (C=O) groups excluding carboxylic acids is 3. The number of thioether (sulfide) groups is 1. The van der Waals surface area contributed by atoms with E-state index in [0.29, 0.717) is 82.0 Å². The Hall–Kier alpha value is -3.24. The number of amides is 3. The summed E-state index contributed by atoms with van der Waals surface area (Å²) < 4.78 is 26.4. The molecular weight excluding hydrogens is 608 g/mol. The van der Waals surface area contributed by atoms with E-state index in [1.54, 1.807) is 6.07 Å². The highest BCUT2D eigenvalue weighted by molar-refractivity contribution is 8.00. The number of carbonyl (C=O) groups is 3. The fourth-order valence-corrected chi connectivity index (χ4v) is 6.68. The van der Waals surface area contributed by atoms with Crippen molar-refractivity contribution in [2.24, 2.45) is 0 Å². The normalized spacial score (nSPS) is 18.9. The maximum absolute atomic E-state index is 12.1. The third-order valence-corrected chi connectivity index (χ3v) is 8.92. The number of nitrogens with one attached hydrogen (secondary N) is 4. The molecule has 2 aliphatic rings. The first-order valence-electron chi connectivity index (χ1n) is 15.4. The number of urea groups is 1. The van der Waals surface area contributed by atoms with E-state index >= 15 is 0 Å². The number of hydrogen-bond acceptors (Lipinski definition) is 11. The smallest absolute Gasteiger partial charge is 0.379 e. The maximum Gasteiger partial charge on any atom is 0.419 e. The largest absolute Gasteiger partial charge is 0.419 e. The predicted molar refractivity (Wildman–Crippen MR) is 168 cm³/mol. The van der Waals surface area contributed by atoms with Gasteiger partial charge in [-0.3, -0.25) is 14.6 Å². The molecule has 2 fully saturated rings. The lowest BCUT2D eigenvalue weighted by Gasteiger charge is -2.16. The lowest BCUT2D eigenvalue weighted by Crippen LogP contribution is -2.36. The Morgan fingerprint density at radius 2 is 1.53 bits per heavy atom. The second-order valence-electron chi connectivity index (χ2n) is 10.8. The number of ketones is 1. The molecule has 3 amide bonds. The van der Waals surface area contributed by atoms with Gasteiger partial charge in [-0.05, 0) is 37.5 Å². The second-order valence-corrected chi connectivity index (χ2v) is 12.1. The molecule has 0 saturated carbocycles. The predicted octanol–water partition coefficient (Wildman–Crippen LogP) is 1.95. The molecule has 4 N–H and O–H groups in total. The van der Waals surface area contributed by atoms with Crippen molar-refractivity contribution in [1.29, 1.82) is 0 Å². The Labute approximate surface area is 264 Å². The van der Waals surface area contributed by atoms with Gasteiger partial charge in [-0.2, -0.15) is 11.8 Å². The first kappa shape index (κ1) is 34.6. The molecule has 1 aromatic carbocycles. The van der Waals surface area contributed by atoms with E-state index in [1.165, 1.54) is 12.1 Å². The third-order valence-electron chi connectivity index (χ3n) is 7.41. The molecule has 14 nitrogen and oxygen atoms in total. The highest BCUT2D eigenvalue weighted by Crippen LogP contribution is 2.33. The van der Waals surface area contributed by atoms with Crippen molar-refractivity contribution in [2.75, 3.05) is 63.9 Å². The highest BCUT2D eigenvalue weighted by Gasteiger charge is 2.42. The number of ether oxygens (including phenoxy) is 4. The van der Waals surface area contributed by atoms with E-state index < -0.39 is 11.4 Å². The number of hydrogen-bond donors (Lipinski definition) is 4. The number of H-pyrrole nitrogens is 1. The molecule has 0 radical (unpaired) electrons. The van der Waals surface area contributed by atoms with Crippen LogP contribution in [0.15, 0.2) is 32.2 Å². The third kappa shape index (κ3) is 11.9. The van der Waals surface area contributed by atoms with Crippen LogP contribution in [0.1, 0.15) is 44.9 Å². The average Bonchev–Trinajstić information content (AvgIpc) is 3.56. The van der Waals surface area contributed by atoms with Crippen LogP contribution in [0, 0.1) is 0 Å². The molecule has 2 aliphatic heterocycles. The van der Waals surface area contributed by atoms with Crippen molar-refractivity contribution in [3.05, 3.63) is 39.2 Å². The highest BCUT2D eigenvalue weighted by atomic mass is 32.2. The second kappa shape index (κ2) is 18.7. The molecule has 45 heavy (non-hydrogen) atoms. The zero-order valence-electron chi connectivity index (χ0n) is 25.3. The number of fused-ring (bicyclic) bond motifs is 2. The van der Waals surface area contributed by atoms with E-state index in [9.17, 15) is 24.0 Å². The Morgan fingerprint density at radius 1 is 0.844 bits per heavy atom. The number of rotatable bonds is 22. The van der Waals surface area contributed by atoms with E-state index in [2.05, 4.69) is 25.4 Å². The molecule has 0 aliphatic carbocycles. The van der Waals surface area contributed by atoms with Gasteiger partial charge in [0.25, 0.3) is 0 Å². The van der Waals surface area contributed by atoms with Crippen LogP contribution in [0.25, 0.3) is 10.9 Å². The Bertz CT molecular complexity index is 1380. The summed E-state index contributed by atoms with van der Waals surface area (Å²) in [5.74, 6) is 0.108. The number of unbranched alkanes of at least 4 members (excludes halogenated alkanes) is 1. The standard InChI is InChI=1S/C30H42N4O10S/c35-21(4-1-2-6-25-27-24(19-45-25)32-29(38)34-27)5-3-10-40-12-14-42-16-17-43-15-13-41-11-9-26(36)31-20-7-8-23-22(18-20)28(37)44-30(39)33-23/h7-8,18,24-25,27H,1-6,9-17,19H2,(H,31,36)(H,33,39)(H2,32,34,38). The van der Waals surface area contributed by atoms with Crippen molar-refractivity contribution in [1.82, 2.24) is 15.6 Å². The van der Waals surface area contributed by atoms with Crippen LogP contribution >= 0.6 is 11.8 Å². The molecular formula is C30H42N4O10S. The van der Waals surface area contributed by atoms with Gasteiger partial charge >= 0.3 is 17.4 Å². The summed E-state index contributed by atoms with van der Waals surface area (Å²) in [6, 6.07) is 4.94. The maximum atomic E-state index is 12.1. The van der Waals surface area contributed by atoms with Crippen molar-refractivity contribution in [3.8, 4) is 0 Å². The van der Waals surface area contributed by atoms with Crippen LogP contribution < -0.4 is 27.3 Å². The van der Waals surface area contributed by atoms with Gasteiger partial charge in [-0.15, -0.1) is 0 Å². The van der Waals surface area contributed by atoms with Crippen LogP contribution in [0.5, 0.6) is 0 Å². The van der Waals surface area contributed by atoms with Crippen molar-refractivity contribution < 1.29 is 37.7 Å². The van der Waals surface area contributed by atoms with E-state index in [0.717, 1.165) is 25.0 Å². The summed E-state index contributed by atoms with van der Waals surface area (Å²) in [4.78, 5) is 61.1. The Morgan fingerprint density at radius 3 is 2.29 bits per heavy atom. The molecule has 0 bridgehead atoms. The van der Waals surface area contributed by atoms with Gasteiger partial charge in [0.2, 0.25) is 5.91 Å². The topological polar surface area (TPSA) is 187 Å². The minimum atomic E-state index is -0.836. The Kier molecular flexibility index (Phi) is 14.4. The number of Topliss-reactive ketones (excluding diaryl/α,β-unsaturated/α-hetero) is 1. The van der Waals surface area contributed by atoms with Crippen LogP contribution in [-0.2, 0) is 28.5 Å². The summed E-state index contributed by atoms with van der Waals surface area (Å²) in [5, 5.41) is 9.23. The summed E-state index contributed by atoms with van der Waals surface area (Å²) in [7, 11) is 0. The zero-order chi connectivity index (χ0) is 31.9. The van der Waals surface area contributed by atoms with E-state index in [4.69, 9.17) is 18.9 Å². The first-order valence-corrected chi connectivity index (χ1v) is 16.4. The average molecular weight is 651 g/mol. The molecule has 0 spiro atoms. The quantitative estimate of drug-likeness (QED) is 0.108. The fraction of sp³-hybridized carbons (Fsp3) is 0.633. The van der Waals surface area contributed by atoms with Crippen molar-refractivity contribution in [2.45, 2.75) is 62.3 Å². The molecule has 2 aromatic rings. The molecule has 15 heteroatoms. The molecule has 3 atom stereocenters. The molecule has 1 aromatic heterocycles. The van der Waals surface area contributed by atoms with Crippen LogP contribution in [0.4, 0.5) is 10.5 Å². The molecule has 248 valence electrons.